The van der Waals surface area contributed by atoms with Crippen molar-refractivity contribution in [1.29, 1.82) is 0 Å². The first-order chi connectivity index (χ1) is 15.4. The summed E-state index contributed by atoms with van der Waals surface area (Å²) in [6.45, 7) is 1.75. The molecule has 1 saturated carbocycles. The van der Waals surface area contributed by atoms with Crippen molar-refractivity contribution < 1.29 is 32.2 Å². The molecule has 4 nitrogen and oxygen atoms in total. The lowest BCUT2D eigenvalue weighted by molar-refractivity contribution is -0.282. The Kier molecular flexibility index (Phi) is 5.73. The number of nitrogens with one attached hydrogen (secondary N) is 1. The molecular weight excluding hydrogens is 462 g/mol. The van der Waals surface area contributed by atoms with Crippen molar-refractivity contribution in [3.63, 3.8) is 0 Å². The van der Waals surface area contributed by atoms with Crippen molar-refractivity contribution in [2.24, 2.45) is 0 Å². The van der Waals surface area contributed by atoms with Crippen LogP contribution in [-0.4, -0.2) is 35.4 Å². The fourth-order valence-electron chi connectivity index (χ4n) is 4.73. The highest BCUT2D eigenvalue weighted by Gasteiger charge is 2.61. The molecule has 1 amide bonds. The number of aliphatic hydroxyl groups is 1. The van der Waals surface area contributed by atoms with E-state index in [-0.39, 0.29) is 29.2 Å². The number of alkyl halides is 3. The summed E-state index contributed by atoms with van der Waals surface area (Å²) < 4.78 is 59.5. The topological polar surface area (TPSA) is 58.6 Å². The van der Waals surface area contributed by atoms with Crippen LogP contribution in [0.1, 0.15) is 36.8 Å². The number of carbonyl (C=O) groups excluding carboxylic acids is 1. The first kappa shape index (κ1) is 23.6. The van der Waals surface area contributed by atoms with Crippen molar-refractivity contribution in [2.75, 3.05) is 7.11 Å². The van der Waals surface area contributed by atoms with Crippen LogP contribution >= 0.6 is 11.6 Å². The van der Waals surface area contributed by atoms with Gasteiger partial charge in [-0.2, -0.15) is 13.2 Å². The molecule has 33 heavy (non-hydrogen) atoms. The van der Waals surface area contributed by atoms with Gasteiger partial charge in [-0.15, -0.1) is 0 Å². The average molecular weight is 484 g/mol. The van der Waals surface area contributed by atoms with E-state index in [4.69, 9.17) is 16.3 Å². The number of rotatable bonds is 3. The van der Waals surface area contributed by atoms with Gasteiger partial charge in [-0.25, -0.2) is 4.39 Å². The third kappa shape index (κ3) is 3.79. The van der Waals surface area contributed by atoms with Crippen LogP contribution in [0.2, 0.25) is 5.02 Å². The molecule has 4 rings (SSSR count). The molecule has 0 atom stereocenters. The molecule has 1 fully saturated rings. The molecule has 2 aliphatic rings. The van der Waals surface area contributed by atoms with Crippen LogP contribution in [0.25, 0.3) is 16.7 Å². The van der Waals surface area contributed by atoms with Gasteiger partial charge in [0, 0.05) is 7.11 Å². The van der Waals surface area contributed by atoms with Crippen molar-refractivity contribution in [3.8, 4) is 11.1 Å². The minimum atomic E-state index is -4.56. The lowest BCUT2D eigenvalue weighted by Crippen LogP contribution is -2.57. The first-order valence-corrected chi connectivity index (χ1v) is 10.8. The summed E-state index contributed by atoms with van der Waals surface area (Å²) in [5.74, 6) is -1.43. The second-order valence-corrected chi connectivity index (χ2v) is 9.02. The van der Waals surface area contributed by atoms with Crippen molar-refractivity contribution >= 4 is 23.1 Å². The summed E-state index contributed by atoms with van der Waals surface area (Å²) in [7, 11) is 1.02. The Morgan fingerprint density at radius 3 is 2.24 bits per heavy atom. The molecule has 2 N–H and O–H groups in total. The number of carbonyl (C=O) groups is 1. The van der Waals surface area contributed by atoms with E-state index in [1.165, 1.54) is 12.1 Å². The highest BCUT2D eigenvalue weighted by atomic mass is 35.5. The number of methoxy groups -OCH3 is 1. The molecule has 2 aromatic rings. The number of hydrogen-bond donors (Lipinski definition) is 2. The van der Waals surface area contributed by atoms with E-state index in [1.54, 1.807) is 31.2 Å². The van der Waals surface area contributed by atoms with Crippen LogP contribution in [0.4, 0.5) is 17.6 Å². The number of aryl methyl sites for hydroxylation is 1. The molecule has 1 aliphatic heterocycles. The standard InChI is InChI=1S/C24H22ClF4NO3/c1-13-3-4-14(15-5-6-17(25)18(26)12-15)11-16(13)19-20(31)22(30-21(19)32)7-9-23(33-2,10-8-22)24(27,28)29/h3-6,11-12,31H,7-10H2,1-2H3,(H,30,32). The molecule has 0 aromatic heterocycles. The summed E-state index contributed by atoms with van der Waals surface area (Å²) in [6.07, 6.45) is -5.60. The molecule has 9 heteroatoms. The maximum atomic E-state index is 13.9. The molecule has 1 spiro atoms. The van der Waals surface area contributed by atoms with Gasteiger partial charge in [0.1, 0.15) is 11.6 Å². The number of amides is 1. The first-order valence-electron chi connectivity index (χ1n) is 10.4. The monoisotopic (exact) mass is 483 g/mol. The Labute approximate surface area is 193 Å². The van der Waals surface area contributed by atoms with Gasteiger partial charge in [0.25, 0.3) is 5.91 Å². The van der Waals surface area contributed by atoms with Gasteiger partial charge >= 0.3 is 6.18 Å². The van der Waals surface area contributed by atoms with Gasteiger partial charge < -0.3 is 15.2 Å². The van der Waals surface area contributed by atoms with E-state index in [0.29, 0.717) is 22.3 Å². The summed E-state index contributed by atoms with van der Waals surface area (Å²) in [6, 6.07) is 9.45. The number of aliphatic hydroxyl groups excluding tert-OH is 1. The second kappa shape index (κ2) is 8.02. The van der Waals surface area contributed by atoms with E-state index in [2.05, 4.69) is 5.32 Å². The lowest BCUT2D eigenvalue weighted by atomic mass is 9.72. The molecule has 2 aromatic carbocycles. The number of halogens is 5. The normalized spacial score (nSPS) is 25.6. The lowest BCUT2D eigenvalue weighted by Gasteiger charge is -2.44. The molecule has 1 heterocycles. The highest BCUT2D eigenvalue weighted by Crippen LogP contribution is 2.50. The third-order valence-electron chi connectivity index (χ3n) is 6.85. The zero-order valence-corrected chi connectivity index (χ0v) is 18.7. The molecular formula is C24H22ClF4NO3. The Morgan fingerprint density at radius 2 is 1.67 bits per heavy atom. The van der Waals surface area contributed by atoms with Gasteiger partial charge in [0.2, 0.25) is 0 Å². The maximum absolute atomic E-state index is 13.9. The summed E-state index contributed by atoms with van der Waals surface area (Å²) >= 11 is 5.76. The van der Waals surface area contributed by atoms with Crippen LogP contribution in [0.3, 0.4) is 0 Å². The number of ether oxygens (including phenoxy) is 1. The van der Waals surface area contributed by atoms with Gasteiger partial charge in [-0.05, 0) is 73.1 Å². The van der Waals surface area contributed by atoms with E-state index in [1.807, 2.05) is 0 Å². The minimum absolute atomic E-state index is 0.0145. The van der Waals surface area contributed by atoms with E-state index >= 15 is 0 Å². The van der Waals surface area contributed by atoms with Crippen LogP contribution < -0.4 is 5.32 Å². The third-order valence-corrected chi connectivity index (χ3v) is 7.15. The summed E-state index contributed by atoms with van der Waals surface area (Å²) in [5.41, 5.74) is -1.35. The van der Waals surface area contributed by atoms with Gasteiger partial charge in [0.05, 0.1) is 16.1 Å². The van der Waals surface area contributed by atoms with Crippen molar-refractivity contribution in [2.45, 2.75) is 49.9 Å². The van der Waals surface area contributed by atoms with E-state index in [9.17, 15) is 27.5 Å². The Hall–Kier alpha value is -2.58. The fourth-order valence-corrected chi connectivity index (χ4v) is 4.85. The zero-order chi connectivity index (χ0) is 24.2. The zero-order valence-electron chi connectivity index (χ0n) is 17.9. The van der Waals surface area contributed by atoms with Gasteiger partial charge in [-0.1, -0.05) is 29.8 Å². The van der Waals surface area contributed by atoms with Crippen LogP contribution in [0.5, 0.6) is 0 Å². The number of hydrogen-bond acceptors (Lipinski definition) is 3. The molecule has 0 bridgehead atoms. The molecule has 0 unspecified atom stereocenters. The summed E-state index contributed by atoms with van der Waals surface area (Å²) in [5, 5.41) is 13.8. The smallest absolute Gasteiger partial charge is 0.417 e. The van der Waals surface area contributed by atoms with Gasteiger partial charge in [-0.3, -0.25) is 4.79 Å². The van der Waals surface area contributed by atoms with Crippen LogP contribution in [-0.2, 0) is 9.53 Å². The Bertz CT molecular complexity index is 1150. The molecule has 176 valence electrons. The maximum Gasteiger partial charge on any atom is 0.417 e. The largest absolute Gasteiger partial charge is 0.509 e. The van der Waals surface area contributed by atoms with Crippen LogP contribution in [0.15, 0.2) is 42.2 Å². The van der Waals surface area contributed by atoms with Gasteiger partial charge in [0.15, 0.2) is 5.60 Å². The van der Waals surface area contributed by atoms with Crippen LogP contribution in [0, 0.1) is 12.7 Å². The number of benzene rings is 2. The van der Waals surface area contributed by atoms with Crippen molar-refractivity contribution in [3.05, 3.63) is 64.1 Å². The van der Waals surface area contributed by atoms with E-state index in [0.717, 1.165) is 7.11 Å². The molecule has 0 radical (unpaired) electrons. The van der Waals surface area contributed by atoms with Crippen molar-refractivity contribution in [1.82, 2.24) is 5.32 Å². The van der Waals surface area contributed by atoms with E-state index < -0.39 is 41.9 Å². The Balaban J connectivity index is 1.73. The highest BCUT2D eigenvalue weighted by molar-refractivity contribution is 6.30. The minimum Gasteiger partial charge on any atom is -0.509 e. The summed E-state index contributed by atoms with van der Waals surface area (Å²) in [4.78, 5) is 12.9. The second-order valence-electron chi connectivity index (χ2n) is 8.61. The quantitative estimate of drug-likeness (QED) is 0.517. The fraction of sp³-hybridized carbons (Fsp3) is 0.375. The SMILES string of the molecule is COC1(C(F)(F)F)CCC2(CC1)NC(=O)C(c1cc(-c3ccc(Cl)c(F)c3)ccc1C)=C2O. The predicted molar refractivity (Wildman–Crippen MR) is 116 cm³/mol. The predicted octanol–water partition coefficient (Wildman–Crippen LogP) is 6.11. The average Bonchev–Trinajstić information content (AvgIpc) is 3.00. The molecule has 1 aliphatic carbocycles. The molecule has 0 saturated heterocycles. The Morgan fingerprint density at radius 1 is 1.06 bits per heavy atom.